The summed E-state index contributed by atoms with van der Waals surface area (Å²) >= 11 is 0. The number of hydrogen-bond donors (Lipinski definition) is 2. The van der Waals surface area contributed by atoms with Gasteiger partial charge in [0, 0.05) is 35.8 Å². The molecule has 4 rings (SSSR count). The Morgan fingerprint density at radius 2 is 1.93 bits per heavy atom. The van der Waals surface area contributed by atoms with Crippen LogP contribution in [0.1, 0.15) is 28.8 Å². The fourth-order valence-corrected chi connectivity index (χ4v) is 2.79. The Labute approximate surface area is 167 Å². The molecule has 1 saturated carbocycles. The number of anilines is 1. The Balaban J connectivity index is 1.36. The molecule has 2 aromatic carbocycles. The number of aromatic nitrogens is 2. The molecule has 1 aliphatic carbocycles. The maximum atomic E-state index is 14.3. The topological polar surface area (TPSA) is 76.0 Å². The quantitative estimate of drug-likeness (QED) is 0.632. The second-order valence-electron chi connectivity index (χ2n) is 6.83. The number of nitrogens with one attached hydrogen (secondary N) is 2. The van der Waals surface area contributed by atoms with Crippen molar-refractivity contribution in [2.45, 2.75) is 18.9 Å². The van der Waals surface area contributed by atoms with Gasteiger partial charge in [0.05, 0.1) is 12.0 Å². The highest BCUT2D eigenvalue weighted by Gasteiger charge is 2.23. The standard InChI is InChI=1S/C22H19FN4O2/c23-19-13-18(8-9-20(19)27-12-11-24-14-27)25-21(28)10-3-15-1-4-16(5-2-15)22(29)26-17-6-7-17/h1-5,8-14,17H,6-7H2,(H,25,28)(H,26,29)/b10-3+. The number of carbonyl (C=O) groups is 2. The van der Waals surface area contributed by atoms with E-state index in [1.807, 2.05) is 0 Å². The summed E-state index contributed by atoms with van der Waals surface area (Å²) in [5, 5.41) is 5.56. The Morgan fingerprint density at radius 3 is 2.59 bits per heavy atom. The molecular weight excluding hydrogens is 371 g/mol. The average Bonchev–Trinajstić information content (AvgIpc) is 3.36. The van der Waals surface area contributed by atoms with Crippen molar-refractivity contribution in [1.29, 1.82) is 0 Å². The molecule has 1 heterocycles. The molecule has 0 unspecified atom stereocenters. The van der Waals surface area contributed by atoms with E-state index in [4.69, 9.17) is 0 Å². The maximum absolute atomic E-state index is 14.3. The van der Waals surface area contributed by atoms with Crippen molar-refractivity contribution in [2.75, 3.05) is 5.32 Å². The fourth-order valence-electron chi connectivity index (χ4n) is 2.79. The lowest BCUT2D eigenvalue weighted by Crippen LogP contribution is -2.25. The molecule has 0 saturated heterocycles. The first-order valence-electron chi connectivity index (χ1n) is 9.26. The van der Waals surface area contributed by atoms with Gasteiger partial charge in [-0.2, -0.15) is 0 Å². The minimum Gasteiger partial charge on any atom is -0.349 e. The summed E-state index contributed by atoms with van der Waals surface area (Å²) < 4.78 is 15.8. The van der Waals surface area contributed by atoms with Crippen LogP contribution in [0, 0.1) is 5.82 Å². The van der Waals surface area contributed by atoms with Crippen molar-refractivity contribution >= 4 is 23.6 Å². The number of rotatable bonds is 6. The van der Waals surface area contributed by atoms with Crippen molar-refractivity contribution < 1.29 is 14.0 Å². The molecule has 3 aromatic rings. The van der Waals surface area contributed by atoms with Gasteiger partial charge in [-0.25, -0.2) is 9.37 Å². The molecular formula is C22H19FN4O2. The highest BCUT2D eigenvalue weighted by molar-refractivity contribution is 6.02. The van der Waals surface area contributed by atoms with Crippen LogP contribution in [0.5, 0.6) is 0 Å². The molecule has 2 N–H and O–H groups in total. The summed E-state index contributed by atoms with van der Waals surface area (Å²) in [4.78, 5) is 28.0. The van der Waals surface area contributed by atoms with Gasteiger partial charge in [-0.05, 0) is 54.8 Å². The van der Waals surface area contributed by atoms with Gasteiger partial charge in [0.25, 0.3) is 5.91 Å². The number of imidazole rings is 1. The zero-order valence-corrected chi connectivity index (χ0v) is 15.5. The Morgan fingerprint density at radius 1 is 1.14 bits per heavy atom. The van der Waals surface area contributed by atoms with E-state index in [1.165, 1.54) is 18.5 Å². The van der Waals surface area contributed by atoms with Crippen LogP contribution < -0.4 is 10.6 Å². The van der Waals surface area contributed by atoms with E-state index in [2.05, 4.69) is 15.6 Å². The van der Waals surface area contributed by atoms with Crippen LogP contribution in [0.4, 0.5) is 10.1 Å². The van der Waals surface area contributed by atoms with E-state index >= 15 is 0 Å². The average molecular weight is 390 g/mol. The lowest BCUT2D eigenvalue weighted by molar-refractivity contribution is -0.111. The largest absolute Gasteiger partial charge is 0.349 e. The van der Waals surface area contributed by atoms with E-state index in [0.29, 0.717) is 23.0 Å². The van der Waals surface area contributed by atoms with Gasteiger partial charge < -0.3 is 15.2 Å². The maximum Gasteiger partial charge on any atom is 0.251 e. The van der Waals surface area contributed by atoms with Gasteiger partial charge in [0.2, 0.25) is 5.91 Å². The minimum absolute atomic E-state index is 0.0815. The van der Waals surface area contributed by atoms with Gasteiger partial charge in [-0.1, -0.05) is 12.1 Å². The van der Waals surface area contributed by atoms with Crippen LogP contribution in [0.2, 0.25) is 0 Å². The molecule has 0 aliphatic heterocycles. The number of carbonyl (C=O) groups excluding carboxylic acids is 2. The number of halogens is 1. The normalized spacial score (nSPS) is 13.4. The minimum atomic E-state index is -0.468. The predicted octanol–water partition coefficient (Wildman–Crippen LogP) is 3.56. The summed E-state index contributed by atoms with van der Waals surface area (Å²) in [5.41, 5.74) is 2.08. The second kappa shape index (κ2) is 8.10. The number of amides is 2. The number of nitrogens with zero attached hydrogens (tertiary/aromatic N) is 2. The van der Waals surface area contributed by atoms with E-state index in [1.54, 1.807) is 59.4 Å². The summed E-state index contributed by atoms with van der Waals surface area (Å²) in [6, 6.07) is 11.7. The third kappa shape index (κ3) is 4.76. The molecule has 0 spiro atoms. The molecule has 0 bridgehead atoms. The Bertz CT molecular complexity index is 1050. The summed E-state index contributed by atoms with van der Waals surface area (Å²) in [6.45, 7) is 0. The molecule has 1 aliphatic rings. The zero-order chi connectivity index (χ0) is 20.2. The number of benzene rings is 2. The molecule has 2 amide bonds. The first-order valence-corrected chi connectivity index (χ1v) is 9.26. The first-order chi connectivity index (χ1) is 14.1. The highest BCUT2D eigenvalue weighted by atomic mass is 19.1. The summed E-state index contributed by atoms with van der Waals surface area (Å²) in [7, 11) is 0. The van der Waals surface area contributed by atoms with Crippen molar-refractivity contribution in [3.8, 4) is 5.69 Å². The number of hydrogen-bond acceptors (Lipinski definition) is 3. The Hall–Kier alpha value is -3.74. The van der Waals surface area contributed by atoms with Crippen LogP contribution in [-0.2, 0) is 4.79 Å². The van der Waals surface area contributed by atoms with E-state index < -0.39 is 5.82 Å². The van der Waals surface area contributed by atoms with E-state index in [9.17, 15) is 14.0 Å². The first kappa shape index (κ1) is 18.6. The van der Waals surface area contributed by atoms with Crippen molar-refractivity contribution in [2.24, 2.45) is 0 Å². The molecule has 29 heavy (non-hydrogen) atoms. The van der Waals surface area contributed by atoms with Crippen LogP contribution >= 0.6 is 0 Å². The van der Waals surface area contributed by atoms with Crippen LogP contribution in [0.15, 0.2) is 67.3 Å². The van der Waals surface area contributed by atoms with E-state index in [-0.39, 0.29) is 11.8 Å². The zero-order valence-electron chi connectivity index (χ0n) is 15.5. The van der Waals surface area contributed by atoms with Crippen LogP contribution in [-0.4, -0.2) is 27.4 Å². The third-order valence-corrected chi connectivity index (χ3v) is 4.51. The van der Waals surface area contributed by atoms with Crippen molar-refractivity contribution in [3.05, 3.63) is 84.2 Å². The summed E-state index contributed by atoms with van der Waals surface area (Å²) in [6.07, 6.45) is 9.78. The lowest BCUT2D eigenvalue weighted by Gasteiger charge is -2.07. The molecule has 7 heteroatoms. The molecule has 0 radical (unpaired) electrons. The highest BCUT2D eigenvalue weighted by Crippen LogP contribution is 2.20. The predicted molar refractivity (Wildman–Crippen MR) is 108 cm³/mol. The van der Waals surface area contributed by atoms with Crippen molar-refractivity contribution in [1.82, 2.24) is 14.9 Å². The van der Waals surface area contributed by atoms with Crippen LogP contribution in [0.25, 0.3) is 11.8 Å². The van der Waals surface area contributed by atoms with Gasteiger partial charge in [0.15, 0.2) is 0 Å². The molecule has 6 nitrogen and oxygen atoms in total. The van der Waals surface area contributed by atoms with Gasteiger partial charge in [0.1, 0.15) is 5.82 Å². The monoisotopic (exact) mass is 390 g/mol. The van der Waals surface area contributed by atoms with Gasteiger partial charge in [-0.3, -0.25) is 9.59 Å². The smallest absolute Gasteiger partial charge is 0.251 e. The van der Waals surface area contributed by atoms with Crippen LogP contribution in [0.3, 0.4) is 0 Å². The second-order valence-corrected chi connectivity index (χ2v) is 6.83. The van der Waals surface area contributed by atoms with Gasteiger partial charge in [-0.15, -0.1) is 0 Å². The third-order valence-electron chi connectivity index (χ3n) is 4.51. The van der Waals surface area contributed by atoms with Crippen molar-refractivity contribution in [3.63, 3.8) is 0 Å². The van der Waals surface area contributed by atoms with E-state index in [0.717, 1.165) is 18.4 Å². The molecule has 146 valence electrons. The lowest BCUT2D eigenvalue weighted by atomic mass is 10.1. The fraction of sp³-hybridized carbons (Fsp3) is 0.136. The molecule has 0 atom stereocenters. The summed E-state index contributed by atoms with van der Waals surface area (Å²) in [5.74, 6) is -0.929. The molecule has 1 aromatic heterocycles. The Kier molecular flexibility index (Phi) is 5.20. The molecule has 1 fully saturated rings. The van der Waals surface area contributed by atoms with Gasteiger partial charge >= 0.3 is 0 Å². The SMILES string of the molecule is O=C(/C=C/c1ccc(C(=O)NC2CC2)cc1)Nc1ccc(-n2ccnc2)c(F)c1.